The molecule has 0 radical (unpaired) electrons. The van der Waals surface area contributed by atoms with Crippen LogP contribution < -0.4 is 10.1 Å². The van der Waals surface area contributed by atoms with Gasteiger partial charge in [-0.05, 0) is 49.1 Å². The molecule has 2 heterocycles. The maximum atomic E-state index is 13.2. The highest BCUT2D eigenvalue weighted by Crippen LogP contribution is 2.33. The first kappa shape index (κ1) is 25.2. The predicted molar refractivity (Wildman–Crippen MR) is 134 cm³/mol. The molecule has 2 aliphatic rings. The maximum Gasteiger partial charge on any atom is 0.340 e. The lowest BCUT2D eigenvalue weighted by atomic mass is 10.0. The quantitative estimate of drug-likeness (QED) is 0.429. The molecule has 8 heteroatoms. The van der Waals surface area contributed by atoms with Crippen LogP contribution >= 0.6 is 0 Å². The van der Waals surface area contributed by atoms with E-state index in [0.29, 0.717) is 36.7 Å². The highest BCUT2D eigenvalue weighted by atomic mass is 16.5. The SMILES string of the molecule is COC(=O)C1=C(C)N(C[C@@H]2CCCO2)C(=O)/C1=C\c1ccc(OCC(=O)NCc2ccccc2)cc1. The average molecular weight is 491 g/mol. The minimum Gasteiger partial charge on any atom is -0.484 e. The Morgan fingerprint density at radius 3 is 2.56 bits per heavy atom. The van der Waals surface area contributed by atoms with Crippen molar-refractivity contribution < 1.29 is 28.6 Å². The summed E-state index contributed by atoms with van der Waals surface area (Å²) in [5.41, 5.74) is 2.83. The maximum absolute atomic E-state index is 13.2. The van der Waals surface area contributed by atoms with Crippen molar-refractivity contribution in [2.24, 2.45) is 0 Å². The van der Waals surface area contributed by atoms with Crippen molar-refractivity contribution in [1.29, 1.82) is 0 Å². The van der Waals surface area contributed by atoms with Crippen molar-refractivity contribution in [1.82, 2.24) is 10.2 Å². The number of nitrogens with one attached hydrogen (secondary N) is 1. The molecule has 8 nitrogen and oxygen atoms in total. The zero-order chi connectivity index (χ0) is 25.5. The molecule has 2 aromatic carbocycles. The van der Waals surface area contributed by atoms with Gasteiger partial charge in [0.05, 0.1) is 30.9 Å². The zero-order valence-corrected chi connectivity index (χ0v) is 20.5. The summed E-state index contributed by atoms with van der Waals surface area (Å²) in [5, 5.41) is 2.82. The Morgan fingerprint density at radius 2 is 1.89 bits per heavy atom. The van der Waals surface area contributed by atoms with E-state index in [1.807, 2.05) is 30.3 Å². The lowest BCUT2D eigenvalue weighted by Gasteiger charge is -2.21. The van der Waals surface area contributed by atoms with E-state index in [1.165, 1.54) is 7.11 Å². The van der Waals surface area contributed by atoms with Crippen LogP contribution in [0.15, 0.2) is 71.4 Å². The number of allylic oxidation sites excluding steroid dienone is 1. The van der Waals surface area contributed by atoms with Crippen molar-refractivity contribution in [3.05, 3.63) is 82.6 Å². The normalized spacial score (nSPS) is 18.6. The topological polar surface area (TPSA) is 94.2 Å². The minimum atomic E-state index is -0.552. The first-order valence-corrected chi connectivity index (χ1v) is 11.9. The van der Waals surface area contributed by atoms with Gasteiger partial charge in [0.25, 0.3) is 11.8 Å². The number of methoxy groups -OCH3 is 1. The number of ether oxygens (including phenoxy) is 3. The van der Waals surface area contributed by atoms with Gasteiger partial charge in [-0.15, -0.1) is 0 Å². The number of hydrogen-bond donors (Lipinski definition) is 1. The van der Waals surface area contributed by atoms with Gasteiger partial charge in [0.1, 0.15) is 5.75 Å². The molecule has 0 saturated carbocycles. The van der Waals surface area contributed by atoms with E-state index < -0.39 is 5.97 Å². The van der Waals surface area contributed by atoms with E-state index in [1.54, 1.807) is 42.2 Å². The standard InChI is InChI=1S/C28H30N2O6/c1-19-26(28(33)34-2)24(27(32)30(19)17-23-9-6-14-35-23)15-20-10-12-22(13-11-20)36-18-25(31)29-16-21-7-4-3-5-8-21/h3-5,7-8,10-13,15,23H,6,9,14,16-18H2,1-2H3,(H,29,31)/b24-15-/t23-/m0/s1. The van der Waals surface area contributed by atoms with Crippen molar-refractivity contribution in [2.45, 2.75) is 32.4 Å². The Labute approximate surface area is 210 Å². The van der Waals surface area contributed by atoms with Crippen molar-refractivity contribution in [2.75, 3.05) is 26.9 Å². The Balaban J connectivity index is 1.40. The molecule has 188 valence electrons. The van der Waals surface area contributed by atoms with Crippen LogP contribution in [-0.2, 0) is 30.4 Å². The first-order chi connectivity index (χ1) is 17.5. The summed E-state index contributed by atoms with van der Waals surface area (Å²) in [5.74, 6) is -0.511. The molecule has 0 unspecified atom stereocenters. The van der Waals surface area contributed by atoms with Gasteiger partial charge in [0.2, 0.25) is 0 Å². The molecule has 2 aromatic rings. The third kappa shape index (κ3) is 6.01. The van der Waals surface area contributed by atoms with Crippen LogP contribution in [0.4, 0.5) is 0 Å². The second kappa shape index (κ2) is 11.7. The molecule has 1 saturated heterocycles. The van der Waals surface area contributed by atoms with Crippen LogP contribution in [0.25, 0.3) is 6.08 Å². The molecule has 0 aromatic heterocycles. The summed E-state index contributed by atoms with van der Waals surface area (Å²) in [6.07, 6.45) is 3.48. The molecular weight excluding hydrogens is 460 g/mol. The second-order valence-corrected chi connectivity index (χ2v) is 8.68. The Hall–Kier alpha value is -3.91. The van der Waals surface area contributed by atoms with Crippen LogP contribution in [0, 0.1) is 0 Å². The molecular formula is C28H30N2O6. The number of benzene rings is 2. The van der Waals surface area contributed by atoms with Gasteiger partial charge in [-0.3, -0.25) is 9.59 Å². The van der Waals surface area contributed by atoms with Crippen molar-refractivity contribution >= 4 is 23.9 Å². The lowest BCUT2D eigenvalue weighted by Crippen LogP contribution is -2.33. The highest BCUT2D eigenvalue weighted by molar-refractivity contribution is 6.16. The van der Waals surface area contributed by atoms with E-state index in [0.717, 1.165) is 18.4 Å². The van der Waals surface area contributed by atoms with Crippen LogP contribution in [0.2, 0.25) is 0 Å². The number of amides is 2. The monoisotopic (exact) mass is 490 g/mol. The van der Waals surface area contributed by atoms with Gasteiger partial charge >= 0.3 is 5.97 Å². The summed E-state index contributed by atoms with van der Waals surface area (Å²) in [7, 11) is 1.30. The molecule has 0 spiro atoms. The van der Waals surface area contributed by atoms with E-state index in [9.17, 15) is 14.4 Å². The fraction of sp³-hybridized carbons (Fsp3) is 0.321. The smallest absolute Gasteiger partial charge is 0.340 e. The average Bonchev–Trinajstić information content (AvgIpc) is 3.50. The summed E-state index contributed by atoms with van der Waals surface area (Å²) in [6.45, 7) is 3.16. The fourth-order valence-corrected chi connectivity index (χ4v) is 4.26. The van der Waals surface area contributed by atoms with Crippen molar-refractivity contribution in [3.8, 4) is 5.75 Å². The first-order valence-electron chi connectivity index (χ1n) is 11.9. The molecule has 2 amide bonds. The van der Waals surface area contributed by atoms with Crippen molar-refractivity contribution in [3.63, 3.8) is 0 Å². The number of nitrogens with zero attached hydrogens (tertiary/aromatic N) is 1. The molecule has 1 fully saturated rings. The number of hydrogen-bond acceptors (Lipinski definition) is 6. The number of carbonyl (C=O) groups is 3. The fourth-order valence-electron chi connectivity index (χ4n) is 4.26. The third-order valence-electron chi connectivity index (χ3n) is 6.20. The van der Waals surface area contributed by atoms with E-state index in [4.69, 9.17) is 14.2 Å². The van der Waals surface area contributed by atoms with Gasteiger partial charge < -0.3 is 24.4 Å². The molecule has 0 aliphatic carbocycles. The lowest BCUT2D eigenvalue weighted by molar-refractivity contribution is -0.136. The van der Waals surface area contributed by atoms with Crippen LogP contribution in [0.5, 0.6) is 5.75 Å². The molecule has 0 bridgehead atoms. The third-order valence-corrected chi connectivity index (χ3v) is 6.20. The van der Waals surface area contributed by atoms with Gasteiger partial charge in [0.15, 0.2) is 6.61 Å². The summed E-state index contributed by atoms with van der Waals surface area (Å²) in [4.78, 5) is 39.4. The van der Waals surface area contributed by atoms with Gasteiger partial charge in [0, 0.05) is 18.8 Å². The molecule has 1 atom stereocenters. The molecule has 36 heavy (non-hydrogen) atoms. The summed E-state index contributed by atoms with van der Waals surface area (Å²) in [6, 6.07) is 16.6. The highest BCUT2D eigenvalue weighted by Gasteiger charge is 2.38. The van der Waals surface area contributed by atoms with E-state index in [2.05, 4.69) is 5.32 Å². The van der Waals surface area contributed by atoms with E-state index in [-0.39, 0.29) is 35.7 Å². The summed E-state index contributed by atoms with van der Waals surface area (Å²) < 4.78 is 16.2. The van der Waals surface area contributed by atoms with Gasteiger partial charge in [-0.2, -0.15) is 0 Å². The Bertz CT molecular complexity index is 1160. The number of carbonyl (C=O) groups excluding carboxylic acids is 3. The van der Waals surface area contributed by atoms with Crippen LogP contribution in [-0.4, -0.2) is 55.7 Å². The number of esters is 1. The number of rotatable bonds is 9. The Morgan fingerprint density at radius 1 is 1.14 bits per heavy atom. The molecule has 2 aliphatic heterocycles. The summed E-state index contributed by atoms with van der Waals surface area (Å²) >= 11 is 0. The molecule has 1 N–H and O–H groups in total. The van der Waals surface area contributed by atoms with Crippen LogP contribution in [0.3, 0.4) is 0 Å². The Kier molecular flexibility index (Phi) is 8.17. The van der Waals surface area contributed by atoms with Crippen LogP contribution in [0.1, 0.15) is 30.9 Å². The largest absolute Gasteiger partial charge is 0.484 e. The van der Waals surface area contributed by atoms with Gasteiger partial charge in [-0.1, -0.05) is 42.5 Å². The van der Waals surface area contributed by atoms with E-state index >= 15 is 0 Å². The predicted octanol–water partition coefficient (Wildman–Crippen LogP) is 3.23. The van der Waals surface area contributed by atoms with Gasteiger partial charge in [-0.25, -0.2) is 4.79 Å². The zero-order valence-electron chi connectivity index (χ0n) is 20.5. The minimum absolute atomic E-state index is 0.0385. The second-order valence-electron chi connectivity index (χ2n) is 8.68. The molecule has 4 rings (SSSR count).